The number of carbonyl (C=O) groups is 1. The van der Waals surface area contributed by atoms with E-state index in [9.17, 15) is 4.79 Å². The van der Waals surface area contributed by atoms with Crippen molar-refractivity contribution in [1.29, 1.82) is 0 Å². The van der Waals surface area contributed by atoms with Gasteiger partial charge in [0.2, 0.25) is 0 Å². The topological polar surface area (TPSA) is 39.2 Å². The minimum atomic E-state index is 0.194. The molecule has 0 aliphatic heterocycles. The minimum absolute atomic E-state index is 0.194. The molecular formula is C11H17NO2S. The number of Topliss-reactive ketones (excluding diaryl/α,β-unsaturated/α-hetero) is 1. The molecule has 0 saturated heterocycles. The van der Waals surface area contributed by atoms with E-state index in [1.54, 1.807) is 11.3 Å². The number of hydrogen-bond donors (Lipinski definition) is 0. The lowest BCUT2D eigenvalue weighted by Gasteiger charge is -2.05. The summed E-state index contributed by atoms with van der Waals surface area (Å²) in [5.41, 5.74) is 0.882. The fourth-order valence-electron chi connectivity index (χ4n) is 1.19. The summed E-state index contributed by atoms with van der Waals surface area (Å²) in [6.07, 6.45) is 1.11. The molecule has 1 aromatic heterocycles. The second kappa shape index (κ2) is 5.98. The Morgan fingerprint density at radius 3 is 2.87 bits per heavy atom. The number of aromatic nitrogens is 1. The van der Waals surface area contributed by atoms with Crippen LogP contribution in [-0.4, -0.2) is 23.5 Å². The van der Waals surface area contributed by atoms with Crippen molar-refractivity contribution in [2.24, 2.45) is 0 Å². The first-order valence-corrected chi connectivity index (χ1v) is 6.00. The molecule has 1 heterocycles. The quantitative estimate of drug-likeness (QED) is 0.749. The van der Waals surface area contributed by atoms with Gasteiger partial charge in [0.1, 0.15) is 5.78 Å². The van der Waals surface area contributed by atoms with Gasteiger partial charge in [-0.25, -0.2) is 4.98 Å². The Balaban J connectivity index is 2.24. The van der Waals surface area contributed by atoms with E-state index < -0.39 is 0 Å². The SMILES string of the molecule is Cc1nc(CC(=O)CCOC(C)C)cs1. The molecule has 0 bridgehead atoms. The minimum Gasteiger partial charge on any atom is -0.378 e. The largest absolute Gasteiger partial charge is 0.378 e. The monoisotopic (exact) mass is 227 g/mol. The van der Waals surface area contributed by atoms with Crippen molar-refractivity contribution in [2.45, 2.75) is 39.7 Å². The van der Waals surface area contributed by atoms with Gasteiger partial charge < -0.3 is 4.74 Å². The van der Waals surface area contributed by atoms with E-state index in [0.717, 1.165) is 10.7 Å². The van der Waals surface area contributed by atoms with Crippen molar-refractivity contribution in [2.75, 3.05) is 6.61 Å². The maximum atomic E-state index is 11.5. The van der Waals surface area contributed by atoms with Crippen molar-refractivity contribution < 1.29 is 9.53 Å². The number of hydrogen-bond acceptors (Lipinski definition) is 4. The molecule has 0 spiro atoms. The normalized spacial score (nSPS) is 10.9. The van der Waals surface area contributed by atoms with E-state index in [2.05, 4.69) is 4.98 Å². The van der Waals surface area contributed by atoms with Gasteiger partial charge in [-0.3, -0.25) is 4.79 Å². The zero-order chi connectivity index (χ0) is 11.3. The Bertz CT molecular complexity index is 320. The van der Waals surface area contributed by atoms with Crippen molar-refractivity contribution >= 4 is 17.1 Å². The third-order valence-electron chi connectivity index (χ3n) is 1.88. The molecular weight excluding hydrogens is 210 g/mol. The van der Waals surface area contributed by atoms with Crippen molar-refractivity contribution in [3.8, 4) is 0 Å². The first-order chi connectivity index (χ1) is 7.08. The van der Waals surface area contributed by atoms with E-state index >= 15 is 0 Å². The molecule has 0 aromatic carbocycles. The zero-order valence-corrected chi connectivity index (χ0v) is 10.3. The van der Waals surface area contributed by atoms with E-state index in [-0.39, 0.29) is 11.9 Å². The molecule has 3 nitrogen and oxygen atoms in total. The summed E-state index contributed by atoms with van der Waals surface area (Å²) in [7, 11) is 0. The van der Waals surface area contributed by atoms with Crippen LogP contribution in [0.4, 0.5) is 0 Å². The lowest BCUT2D eigenvalue weighted by Crippen LogP contribution is -2.10. The van der Waals surface area contributed by atoms with Gasteiger partial charge in [-0.2, -0.15) is 0 Å². The van der Waals surface area contributed by atoms with Gasteiger partial charge in [-0.15, -0.1) is 11.3 Å². The molecule has 1 rings (SSSR count). The van der Waals surface area contributed by atoms with Gasteiger partial charge in [0.05, 0.1) is 23.4 Å². The highest BCUT2D eigenvalue weighted by atomic mass is 32.1. The molecule has 0 unspecified atom stereocenters. The molecule has 0 amide bonds. The molecule has 0 atom stereocenters. The van der Waals surface area contributed by atoms with Gasteiger partial charge in [0.15, 0.2) is 0 Å². The van der Waals surface area contributed by atoms with Crippen molar-refractivity contribution in [3.05, 3.63) is 16.1 Å². The fourth-order valence-corrected chi connectivity index (χ4v) is 1.80. The van der Waals surface area contributed by atoms with Gasteiger partial charge in [-0.05, 0) is 20.8 Å². The number of thiazole rings is 1. The van der Waals surface area contributed by atoms with E-state index in [4.69, 9.17) is 4.74 Å². The third-order valence-corrected chi connectivity index (χ3v) is 2.70. The third kappa shape index (κ3) is 5.04. The molecule has 1 aromatic rings. The number of aryl methyl sites for hydroxylation is 1. The highest BCUT2D eigenvalue weighted by molar-refractivity contribution is 7.09. The maximum Gasteiger partial charge on any atom is 0.141 e. The average Bonchev–Trinajstić information content (AvgIpc) is 2.50. The first-order valence-electron chi connectivity index (χ1n) is 5.12. The predicted octanol–water partition coefficient (Wildman–Crippen LogP) is 2.38. The Labute approximate surface area is 94.5 Å². The Morgan fingerprint density at radius 1 is 1.60 bits per heavy atom. The van der Waals surface area contributed by atoms with Crippen LogP contribution < -0.4 is 0 Å². The lowest BCUT2D eigenvalue weighted by atomic mass is 10.2. The summed E-state index contributed by atoms with van der Waals surface area (Å²) < 4.78 is 5.32. The molecule has 0 aliphatic rings. The van der Waals surface area contributed by atoms with Crippen LogP contribution in [0.3, 0.4) is 0 Å². The molecule has 15 heavy (non-hydrogen) atoms. The van der Waals surface area contributed by atoms with Crippen LogP contribution in [0.15, 0.2) is 5.38 Å². The van der Waals surface area contributed by atoms with Gasteiger partial charge in [-0.1, -0.05) is 0 Å². The van der Waals surface area contributed by atoms with Gasteiger partial charge in [0, 0.05) is 18.2 Å². The first kappa shape index (κ1) is 12.3. The number of ether oxygens (including phenoxy) is 1. The van der Waals surface area contributed by atoms with Gasteiger partial charge in [0.25, 0.3) is 0 Å². The van der Waals surface area contributed by atoms with E-state index in [1.165, 1.54) is 0 Å². The zero-order valence-electron chi connectivity index (χ0n) is 9.45. The Morgan fingerprint density at radius 2 is 2.33 bits per heavy atom. The van der Waals surface area contributed by atoms with Crippen LogP contribution in [0.25, 0.3) is 0 Å². The van der Waals surface area contributed by atoms with Crippen molar-refractivity contribution in [1.82, 2.24) is 4.98 Å². The summed E-state index contributed by atoms with van der Waals surface area (Å²) >= 11 is 1.58. The molecule has 0 N–H and O–H groups in total. The number of carbonyl (C=O) groups excluding carboxylic acids is 1. The highest BCUT2D eigenvalue weighted by Crippen LogP contribution is 2.09. The van der Waals surface area contributed by atoms with Crippen LogP contribution in [0.5, 0.6) is 0 Å². The summed E-state index contributed by atoms with van der Waals surface area (Å²) in [6.45, 7) is 6.39. The van der Waals surface area contributed by atoms with Crippen molar-refractivity contribution in [3.63, 3.8) is 0 Å². The average molecular weight is 227 g/mol. The van der Waals surface area contributed by atoms with E-state index in [1.807, 2.05) is 26.2 Å². The summed E-state index contributed by atoms with van der Waals surface area (Å²) in [5, 5.41) is 2.95. The highest BCUT2D eigenvalue weighted by Gasteiger charge is 2.06. The smallest absolute Gasteiger partial charge is 0.141 e. The van der Waals surface area contributed by atoms with Crippen LogP contribution in [0, 0.1) is 6.92 Å². The van der Waals surface area contributed by atoms with Gasteiger partial charge >= 0.3 is 0 Å². The molecule has 0 saturated carbocycles. The summed E-state index contributed by atoms with van der Waals surface area (Å²) in [5.74, 6) is 0.195. The molecule has 0 radical (unpaired) electrons. The van der Waals surface area contributed by atoms with Crippen LogP contribution in [0.2, 0.25) is 0 Å². The lowest BCUT2D eigenvalue weighted by molar-refractivity contribution is -0.119. The number of nitrogens with zero attached hydrogens (tertiary/aromatic N) is 1. The number of rotatable bonds is 6. The fraction of sp³-hybridized carbons (Fsp3) is 0.636. The molecule has 0 fully saturated rings. The van der Waals surface area contributed by atoms with Crippen LogP contribution in [0.1, 0.15) is 31.0 Å². The molecule has 4 heteroatoms. The predicted molar refractivity (Wildman–Crippen MR) is 61.3 cm³/mol. The second-order valence-corrected chi connectivity index (χ2v) is 4.81. The maximum absolute atomic E-state index is 11.5. The van der Waals surface area contributed by atoms with Crippen LogP contribution >= 0.6 is 11.3 Å². The second-order valence-electron chi connectivity index (χ2n) is 3.74. The summed E-state index contributed by atoms with van der Waals surface area (Å²) in [6, 6.07) is 0. The molecule has 0 aliphatic carbocycles. The van der Waals surface area contributed by atoms with E-state index in [0.29, 0.717) is 19.4 Å². The Kier molecular flexibility index (Phi) is 4.91. The Hall–Kier alpha value is -0.740. The summed E-state index contributed by atoms with van der Waals surface area (Å²) in [4.78, 5) is 15.7. The van der Waals surface area contributed by atoms with Crippen LogP contribution in [-0.2, 0) is 16.0 Å². The standard InChI is InChI=1S/C11H17NO2S/c1-8(2)14-5-4-11(13)6-10-7-15-9(3)12-10/h7-8H,4-6H2,1-3H3. The molecule has 84 valence electrons. The number of ketones is 1.